The molecular formula is C29H38ClN7O3Si. The van der Waals surface area contributed by atoms with Gasteiger partial charge < -0.3 is 24.6 Å². The summed E-state index contributed by atoms with van der Waals surface area (Å²) in [4.78, 5) is 23.8. The zero-order valence-electron chi connectivity index (χ0n) is 24.3. The zero-order chi connectivity index (χ0) is 29.1. The van der Waals surface area contributed by atoms with E-state index < -0.39 is 14.2 Å². The minimum absolute atomic E-state index is 0.0269. The molecule has 1 unspecified atom stereocenters. The highest BCUT2D eigenvalue weighted by atomic mass is 35.5. The number of hydrogen-bond acceptors (Lipinski definition) is 6. The molecule has 2 aliphatic rings. The SMILES string of the molecule is Cc1cc(-c2cn(COCC[Si](C)(C)C)c3nc(N4[C@@H]5CC[C@H]4CC(NC(=O)O)C5)cnc23)c(Cl)c2cn(C)nc12. The summed E-state index contributed by atoms with van der Waals surface area (Å²) in [5, 5.41) is 18.1. The van der Waals surface area contributed by atoms with E-state index in [-0.39, 0.29) is 18.1 Å². The number of hydrogen-bond donors (Lipinski definition) is 2. The molecule has 5 heterocycles. The first-order chi connectivity index (χ1) is 19.5. The summed E-state index contributed by atoms with van der Waals surface area (Å²) < 4.78 is 10.0. The smallest absolute Gasteiger partial charge is 0.404 e. The number of carboxylic acid groups (broad SMARTS) is 1. The molecule has 0 radical (unpaired) electrons. The fourth-order valence-electron chi connectivity index (χ4n) is 6.47. The molecule has 2 fully saturated rings. The number of ether oxygens (including phenoxy) is 1. The molecule has 0 aliphatic carbocycles. The molecule has 2 aliphatic heterocycles. The number of aromatic nitrogens is 5. The van der Waals surface area contributed by atoms with Crippen LogP contribution in [-0.4, -0.2) is 68.3 Å². The summed E-state index contributed by atoms with van der Waals surface area (Å²) in [6.07, 6.45) is 8.51. The lowest BCUT2D eigenvalue weighted by atomic mass is 9.97. The van der Waals surface area contributed by atoms with Gasteiger partial charge in [-0.2, -0.15) is 5.10 Å². The zero-order valence-corrected chi connectivity index (χ0v) is 26.1. The quantitative estimate of drug-likeness (QED) is 0.189. The topological polar surface area (TPSA) is 110 Å². The minimum Gasteiger partial charge on any atom is -0.465 e. The van der Waals surface area contributed by atoms with Gasteiger partial charge in [-0.1, -0.05) is 31.2 Å². The normalized spacial score (nSPS) is 20.8. The highest BCUT2D eigenvalue weighted by Crippen LogP contribution is 2.42. The van der Waals surface area contributed by atoms with Crippen LogP contribution >= 0.6 is 11.6 Å². The van der Waals surface area contributed by atoms with Crippen molar-refractivity contribution in [3.63, 3.8) is 0 Å². The summed E-state index contributed by atoms with van der Waals surface area (Å²) in [5.74, 6) is 0.830. The Morgan fingerprint density at radius 3 is 2.59 bits per heavy atom. The molecule has 6 rings (SSSR count). The van der Waals surface area contributed by atoms with Gasteiger partial charge in [0.05, 0.1) is 16.7 Å². The molecule has 2 saturated heterocycles. The maximum Gasteiger partial charge on any atom is 0.404 e. The number of carbonyl (C=O) groups is 1. The van der Waals surface area contributed by atoms with Crippen LogP contribution in [0, 0.1) is 6.92 Å². The number of amides is 1. The molecule has 3 atom stereocenters. The van der Waals surface area contributed by atoms with E-state index in [1.165, 1.54) is 0 Å². The lowest BCUT2D eigenvalue weighted by Gasteiger charge is -2.39. The Kier molecular flexibility index (Phi) is 7.23. The second-order valence-electron chi connectivity index (χ2n) is 12.8. The van der Waals surface area contributed by atoms with E-state index in [9.17, 15) is 9.90 Å². The Morgan fingerprint density at radius 1 is 1.17 bits per heavy atom. The van der Waals surface area contributed by atoms with E-state index in [1.807, 2.05) is 24.0 Å². The largest absolute Gasteiger partial charge is 0.465 e. The molecule has 0 saturated carbocycles. The van der Waals surface area contributed by atoms with Gasteiger partial charge in [-0.3, -0.25) is 4.68 Å². The Morgan fingerprint density at radius 2 is 1.90 bits per heavy atom. The number of nitrogens with one attached hydrogen (secondary N) is 1. The van der Waals surface area contributed by atoms with Gasteiger partial charge >= 0.3 is 6.09 Å². The Hall–Kier alpha value is -3.15. The molecule has 218 valence electrons. The van der Waals surface area contributed by atoms with Crippen molar-refractivity contribution in [2.45, 2.75) is 83.1 Å². The third-order valence-electron chi connectivity index (χ3n) is 8.43. The maximum atomic E-state index is 11.3. The average Bonchev–Trinajstić information content (AvgIpc) is 3.54. The van der Waals surface area contributed by atoms with Crippen molar-refractivity contribution in [2.75, 3.05) is 11.5 Å². The van der Waals surface area contributed by atoms with Crippen LogP contribution in [0.5, 0.6) is 0 Å². The number of nitrogens with zero attached hydrogens (tertiary/aromatic N) is 6. The second kappa shape index (κ2) is 10.6. The molecule has 2 N–H and O–H groups in total. The Bertz CT molecular complexity index is 1610. The van der Waals surface area contributed by atoms with E-state index in [1.54, 1.807) is 4.68 Å². The first-order valence-electron chi connectivity index (χ1n) is 14.3. The molecule has 1 amide bonds. The standard InChI is InChI=1S/C29H38ClN7O3Si/c1-17-10-21(25(30)23-14-35(2)34-26(17)23)22-15-36(16-40-8-9-41(3,4)5)28-27(22)31-13-24(33-28)37-19-6-7-20(37)12-18(11-19)32-29(38)39/h10,13-15,18-20,32H,6-9,11-12,16H2,1-5H3,(H,38,39)/t18?,19-,20+. The third kappa shape index (κ3) is 5.42. The molecule has 4 aromatic rings. The Labute approximate surface area is 245 Å². The molecule has 0 spiro atoms. The lowest BCUT2D eigenvalue weighted by molar-refractivity contribution is 0.0899. The second-order valence-corrected chi connectivity index (χ2v) is 18.8. The molecule has 41 heavy (non-hydrogen) atoms. The summed E-state index contributed by atoms with van der Waals surface area (Å²) >= 11 is 7.00. The van der Waals surface area contributed by atoms with Gasteiger partial charge in [0.15, 0.2) is 5.65 Å². The number of benzene rings is 1. The summed E-state index contributed by atoms with van der Waals surface area (Å²) in [6, 6.07) is 3.61. The summed E-state index contributed by atoms with van der Waals surface area (Å²) in [5.41, 5.74) is 5.30. The monoisotopic (exact) mass is 595 g/mol. The fourth-order valence-corrected chi connectivity index (χ4v) is 7.52. The van der Waals surface area contributed by atoms with Gasteiger partial charge in [-0.25, -0.2) is 14.8 Å². The average molecular weight is 596 g/mol. The molecule has 2 bridgehead atoms. The van der Waals surface area contributed by atoms with E-state index in [0.29, 0.717) is 18.4 Å². The van der Waals surface area contributed by atoms with Crippen molar-refractivity contribution >= 4 is 53.7 Å². The highest BCUT2D eigenvalue weighted by molar-refractivity contribution is 6.76. The van der Waals surface area contributed by atoms with Crippen molar-refractivity contribution in [3.8, 4) is 11.1 Å². The van der Waals surface area contributed by atoms with Gasteiger partial charge in [-0.15, -0.1) is 0 Å². The summed E-state index contributed by atoms with van der Waals surface area (Å²) in [7, 11) is 0.676. The van der Waals surface area contributed by atoms with Gasteiger partial charge in [0.2, 0.25) is 0 Å². The van der Waals surface area contributed by atoms with Crippen LogP contribution < -0.4 is 10.2 Å². The van der Waals surface area contributed by atoms with Crippen LogP contribution in [0.4, 0.5) is 10.6 Å². The number of piperidine rings is 1. The van der Waals surface area contributed by atoms with Gasteiger partial charge in [-0.05, 0) is 50.3 Å². The third-order valence-corrected chi connectivity index (χ3v) is 10.5. The van der Waals surface area contributed by atoms with Crippen molar-refractivity contribution in [2.24, 2.45) is 7.05 Å². The van der Waals surface area contributed by atoms with Crippen molar-refractivity contribution in [1.29, 1.82) is 0 Å². The van der Waals surface area contributed by atoms with Gasteiger partial charge in [0.25, 0.3) is 0 Å². The first kappa shape index (κ1) is 28.0. The van der Waals surface area contributed by atoms with Gasteiger partial charge in [0.1, 0.15) is 18.1 Å². The van der Waals surface area contributed by atoms with E-state index >= 15 is 0 Å². The predicted octanol–water partition coefficient (Wildman–Crippen LogP) is 6.03. The number of rotatable bonds is 8. The van der Waals surface area contributed by atoms with Crippen LogP contribution in [0.1, 0.15) is 31.2 Å². The first-order valence-corrected chi connectivity index (χ1v) is 18.4. The van der Waals surface area contributed by atoms with E-state index in [2.05, 4.69) is 54.1 Å². The van der Waals surface area contributed by atoms with Crippen LogP contribution in [0.2, 0.25) is 30.7 Å². The maximum absolute atomic E-state index is 11.3. The number of aryl methyl sites for hydroxylation is 2. The van der Waals surface area contributed by atoms with Gasteiger partial charge in [0, 0.05) is 68.8 Å². The number of halogens is 1. The number of anilines is 1. The van der Waals surface area contributed by atoms with Crippen molar-refractivity contribution < 1.29 is 14.6 Å². The minimum atomic E-state index is -1.23. The summed E-state index contributed by atoms with van der Waals surface area (Å²) in [6.45, 7) is 10.2. The van der Waals surface area contributed by atoms with E-state index in [0.717, 1.165) is 76.3 Å². The molecule has 10 nitrogen and oxygen atoms in total. The molecular weight excluding hydrogens is 558 g/mol. The number of fused-ring (bicyclic) bond motifs is 4. The van der Waals surface area contributed by atoms with Crippen LogP contribution in [0.15, 0.2) is 24.7 Å². The van der Waals surface area contributed by atoms with Crippen LogP contribution in [-0.2, 0) is 18.5 Å². The molecule has 3 aromatic heterocycles. The van der Waals surface area contributed by atoms with E-state index in [4.69, 9.17) is 26.3 Å². The molecule has 12 heteroatoms. The predicted molar refractivity (Wildman–Crippen MR) is 165 cm³/mol. The van der Waals surface area contributed by atoms with Crippen LogP contribution in [0.25, 0.3) is 33.2 Å². The highest BCUT2D eigenvalue weighted by Gasteiger charge is 2.42. The lowest BCUT2D eigenvalue weighted by Crippen LogP contribution is -2.50. The van der Waals surface area contributed by atoms with Crippen molar-refractivity contribution in [3.05, 3.63) is 35.2 Å². The van der Waals surface area contributed by atoms with Crippen LogP contribution in [0.3, 0.4) is 0 Å². The molecule has 1 aromatic carbocycles. The Balaban J connectivity index is 1.39. The van der Waals surface area contributed by atoms with Crippen molar-refractivity contribution in [1.82, 2.24) is 29.6 Å². The fraction of sp³-hybridized carbons (Fsp3) is 0.517.